The van der Waals surface area contributed by atoms with Gasteiger partial charge in [-0.1, -0.05) is 12.1 Å². The molecule has 3 heterocycles. The highest BCUT2D eigenvalue weighted by Gasteiger charge is 2.51. The number of nitrogens with two attached hydrogens (primary N) is 1. The van der Waals surface area contributed by atoms with E-state index in [9.17, 15) is 14.7 Å². The highest BCUT2D eigenvalue weighted by atomic mass is 32.2. The Bertz CT molecular complexity index is 696. The normalized spacial score (nSPS) is 23.3. The summed E-state index contributed by atoms with van der Waals surface area (Å²) < 4.78 is 1.81. The van der Waals surface area contributed by atoms with Crippen molar-refractivity contribution in [1.29, 1.82) is 0 Å². The van der Waals surface area contributed by atoms with Gasteiger partial charge in [-0.05, 0) is 18.9 Å². The summed E-state index contributed by atoms with van der Waals surface area (Å²) in [5.74, 6) is -0.345. The minimum Gasteiger partial charge on any atom is -0.477 e. The van der Waals surface area contributed by atoms with E-state index < -0.39 is 12.0 Å². The van der Waals surface area contributed by atoms with E-state index in [1.54, 1.807) is 0 Å². The summed E-state index contributed by atoms with van der Waals surface area (Å²) in [6, 6.07) is -0.601. The lowest BCUT2D eigenvalue weighted by molar-refractivity contribution is -0.147. The van der Waals surface area contributed by atoms with Crippen molar-refractivity contribution >= 4 is 35.4 Å². The van der Waals surface area contributed by atoms with E-state index in [-0.39, 0.29) is 17.0 Å². The number of hydrogen-bond donors (Lipinski definition) is 2. The fourth-order valence-electron chi connectivity index (χ4n) is 2.77. The number of aryl methyl sites for hydroxylation is 2. The van der Waals surface area contributed by atoms with E-state index >= 15 is 0 Å². The highest BCUT2D eigenvalue weighted by molar-refractivity contribution is 8.01. The van der Waals surface area contributed by atoms with Gasteiger partial charge in [-0.3, -0.25) is 9.69 Å². The standard InChI is InChI=1S/C14H19N5O3S2/c1-3-8-12(18(4-2)17-16-8)23-5-7-6-24-13-9(15)11(20)19(13)10(7)14(21)22/h9,13H,3-6,15H2,1-2H3,(H,21,22)/t9?,13-/m0/s1. The highest BCUT2D eigenvalue weighted by Crippen LogP contribution is 2.40. The maximum absolute atomic E-state index is 11.9. The fraction of sp³-hybridized carbons (Fsp3) is 0.571. The third-order valence-corrected chi connectivity index (χ3v) is 6.64. The molecule has 0 aromatic carbocycles. The summed E-state index contributed by atoms with van der Waals surface area (Å²) in [5, 5.41) is 18.5. The smallest absolute Gasteiger partial charge is 0.352 e. The fourth-order valence-corrected chi connectivity index (χ4v) is 5.41. The van der Waals surface area contributed by atoms with Crippen molar-refractivity contribution in [1.82, 2.24) is 19.9 Å². The molecular weight excluding hydrogens is 350 g/mol. The van der Waals surface area contributed by atoms with Crippen LogP contribution in [0, 0.1) is 0 Å². The van der Waals surface area contributed by atoms with Crippen LogP contribution in [0.2, 0.25) is 0 Å². The van der Waals surface area contributed by atoms with Crippen molar-refractivity contribution in [3.8, 4) is 0 Å². The van der Waals surface area contributed by atoms with Crippen molar-refractivity contribution in [3.63, 3.8) is 0 Å². The Morgan fingerprint density at radius 3 is 2.88 bits per heavy atom. The van der Waals surface area contributed by atoms with E-state index in [1.807, 2.05) is 18.5 Å². The maximum atomic E-state index is 11.9. The quantitative estimate of drug-likeness (QED) is 0.551. The second kappa shape index (κ2) is 6.77. The second-order valence-corrected chi connectivity index (χ2v) is 7.56. The molecule has 1 aromatic heterocycles. The van der Waals surface area contributed by atoms with Crippen LogP contribution in [0.5, 0.6) is 0 Å². The first-order chi connectivity index (χ1) is 11.5. The Balaban J connectivity index is 1.84. The molecule has 0 radical (unpaired) electrons. The van der Waals surface area contributed by atoms with Gasteiger partial charge < -0.3 is 10.8 Å². The number of hydrogen-bond acceptors (Lipinski definition) is 7. The van der Waals surface area contributed by atoms with Crippen LogP contribution in [0.15, 0.2) is 16.3 Å². The Morgan fingerprint density at radius 1 is 1.50 bits per heavy atom. The van der Waals surface area contributed by atoms with Crippen LogP contribution in [0.25, 0.3) is 0 Å². The molecule has 1 fully saturated rings. The predicted octanol–water partition coefficient (Wildman–Crippen LogP) is 0.534. The lowest BCUT2D eigenvalue weighted by Gasteiger charge is -2.48. The molecule has 0 saturated carbocycles. The van der Waals surface area contributed by atoms with Gasteiger partial charge in [-0.25, -0.2) is 9.48 Å². The SMILES string of the molecule is CCc1nnn(CC)c1SCC1=C(C(=O)O)N2C(=O)C(N)[C@@H]2SC1. The van der Waals surface area contributed by atoms with Gasteiger partial charge in [-0.2, -0.15) is 0 Å². The van der Waals surface area contributed by atoms with Crippen LogP contribution in [0.1, 0.15) is 19.5 Å². The zero-order valence-corrected chi connectivity index (χ0v) is 15.1. The Kier molecular flexibility index (Phi) is 4.88. The number of β-lactam (4-membered cyclic amide) rings is 1. The lowest BCUT2D eigenvalue weighted by atomic mass is 10.0. The van der Waals surface area contributed by atoms with Crippen molar-refractivity contribution in [2.75, 3.05) is 11.5 Å². The van der Waals surface area contributed by atoms with Gasteiger partial charge in [0.05, 0.1) is 5.69 Å². The van der Waals surface area contributed by atoms with E-state index in [0.717, 1.165) is 22.7 Å². The third kappa shape index (κ3) is 2.72. The summed E-state index contributed by atoms with van der Waals surface area (Å²) in [7, 11) is 0. The van der Waals surface area contributed by atoms with Crippen LogP contribution in [0.3, 0.4) is 0 Å². The molecule has 1 unspecified atom stereocenters. The van der Waals surface area contributed by atoms with Gasteiger partial charge in [0, 0.05) is 18.1 Å². The zero-order chi connectivity index (χ0) is 17.4. The van der Waals surface area contributed by atoms with Crippen molar-refractivity contribution in [3.05, 3.63) is 17.0 Å². The third-order valence-electron chi connectivity index (χ3n) is 4.06. The monoisotopic (exact) mass is 369 g/mol. The van der Waals surface area contributed by atoms with Crippen LogP contribution in [0.4, 0.5) is 0 Å². The molecular formula is C14H19N5O3S2. The first kappa shape index (κ1) is 17.3. The number of carboxylic acid groups (broad SMARTS) is 1. The molecule has 1 amide bonds. The molecule has 10 heteroatoms. The number of rotatable bonds is 6. The van der Waals surface area contributed by atoms with E-state index in [4.69, 9.17) is 5.73 Å². The number of fused-ring (bicyclic) bond motifs is 1. The topological polar surface area (TPSA) is 114 Å². The molecule has 1 aromatic rings. The molecule has 3 rings (SSSR count). The number of amides is 1. The number of thioether (sulfide) groups is 2. The van der Waals surface area contributed by atoms with Gasteiger partial charge in [0.15, 0.2) is 0 Å². The molecule has 0 bridgehead atoms. The Labute approximate surface area is 147 Å². The molecule has 3 N–H and O–H groups in total. The number of aliphatic carboxylic acids is 1. The first-order valence-corrected chi connectivity index (χ1v) is 9.73. The Morgan fingerprint density at radius 2 is 2.25 bits per heavy atom. The number of carbonyl (C=O) groups excluding carboxylic acids is 1. The molecule has 2 aliphatic rings. The van der Waals surface area contributed by atoms with E-state index in [0.29, 0.717) is 18.1 Å². The van der Waals surface area contributed by atoms with Gasteiger partial charge in [0.2, 0.25) is 5.91 Å². The van der Waals surface area contributed by atoms with Crippen LogP contribution in [-0.2, 0) is 22.6 Å². The number of carboxylic acids is 1. The van der Waals surface area contributed by atoms with Crippen molar-refractivity contribution < 1.29 is 14.7 Å². The molecule has 1 saturated heterocycles. The van der Waals surface area contributed by atoms with Gasteiger partial charge in [0.1, 0.15) is 22.1 Å². The van der Waals surface area contributed by atoms with Crippen LogP contribution < -0.4 is 5.73 Å². The largest absolute Gasteiger partial charge is 0.477 e. The number of nitrogens with zero attached hydrogens (tertiary/aromatic N) is 4. The average molecular weight is 369 g/mol. The molecule has 0 spiro atoms. The molecule has 2 atom stereocenters. The number of aromatic nitrogens is 3. The minimum absolute atomic E-state index is 0.0894. The van der Waals surface area contributed by atoms with Crippen LogP contribution >= 0.6 is 23.5 Å². The summed E-state index contributed by atoms with van der Waals surface area (Å²) in [5.41, 5.74) is 7.49. The van der Waals surface area contributed by atoms with Crippen molar-refractivity contribution in [2.45, 2.75) is 43.3 Å². The number of carbonyl (C=O) groups is 2. The summed E-state index contributed by atoms with van der Waals surface area (Å²) in [6.07, 6.45) is 0.767. The summed E-state index contributed by atoms with van der Waals surface area (Å²) >= 11 is 3.04. The minimum atomic E-state index is -1.08. The lowest BCUT2D eigenvalue weighted by Crippen LogP contribution is -2.68. The van der Waals surface area contributed by atoms with E-state index in [2.05, 4.69) is 10.3 Å². The summed E-state index contributed by atoms with van der Waals surface area (Å²) in [6.45, 7) is 4.70. The zero-order valence-electron chi connectivity index (χ0n) is 13.4. The summed E-state index contributed by atoms with van der Waals surface area (Å²) in [4.78, 5) is 24.9. The predicted molar refractivity (Wildman–Crippen MR) is 91.5 cm³/mol. The van der Waals surface area contributed by atoms with Gasteiger partial charge in [0.25, 0.3) is 0 Å². The molecule has 2 aliphatic heterocycles. The maximum Gasteiger partial charge on any atom is 0.352 e. The first-order valence-electron chi connectivity index (χ1n) is 7.70. The van der Waals surface area contributed by atoms with E-state index in [1.165, 1.54) is 28.4 Å². The van der Waals surface area contributed by atoms with Crippen molar-refractivity contribution in [2.24, 2.45) is 5.73 Å². The molecule has 24 heavy (non-hydrogen) atoms. The molecule has 130 valence electrons. The molecule has 0 aliphatic carbocycles. The van der Waals surface area contributed by atoms with Crippen LogP contribution in [-0.4, -0.2) is 59.8 Å². The second-order valence-electron chi connectivity index (χ2n) is 5.49. The Hall–Kier alpha value is -1.52. The van der Waals surface area contributed by atoms with Gasteiger partial charge >= 0.3 is 5.97 Å². The average Bonchev–Trinajstić information content (AvgIpc) is 2.99. The molecule has 8 nitrogen and oxygen atoms in total. The van der Waals surface area contributed by atoms with Gasteiger partial charge in [-0.15, -0.1) is 28.6 Å².